The molecule has 1 spiro atoms. The van der Waals surface area contributed by atoms with E-state index in [0.717, 1.165) is 47.4 Å². The van der Waals surface area contributed by atoms with E-state index in [-0.39, 0.29) is 23.8 Å². The van der Waals surface area contributed by atoms with Crippen LogP contribution in [0.5, 0.6) is 5.75 Å². The van der Waals surface area contributed by atoms with Gasteiger partial charge in [-0.1, -0.05) is 24.4 Å². The van der Waals surface area contributed by atoms with Crippen LogP contribution in [0.1, 0.15) is 79.7 Å². The minimum absolute atomic E-state index is 0.0128. The van der Waals surface area contributed by atoms with Crippen molar-refractivity contribution >= 4 is 40.7 Å². The van der Waals surface area contributed by atoms with Crippen LogP contribution in [0.3, 0.4) is 0 Å². The Bertz CT molecular complexity index is 1340. The van der Waals surface area contributed by atoms with Crippen molar-refractivity contribution in [3.05, 3.63) is 44.4 Å². The Morgan fingerprint density at radius 1 is 1.26 bits per heavy atom. The van der Waals surface area contributed by atoms with Gasteiger partial charge in [0.05, 0.1) is 22.5 Å². The fraction of sp³-hybridized carbons (Fsp3) is 0.586. The quantitative estimate of drug-likeness (QED) is 0.501. The van der Waals surface area contributed by atoms with Crippen molar-refractivity contribution in [3.8, 4) is 5.75 Å². The van der Waals surface area contributed by atoms with E-state index in [1.165, 1.54) is 0 Å². The summed E-state index contributed by atoms with van der Waals surface area (Å²) < 4.78 is 6.35. The van der Waals surface area contributed by atoms with E-state index in [4.69, 9.17) is 16.3 Å². The van der Waals surface area contributed by atoms with Gasteiger partial charge >= 0.3 is 5.97 Å². The van der Waals surface area contributed by atoms with Gasteiger partial charge in [-0.3, -0.25) is 14.4 Å². The van der Waals surface area contributed by atoms with Crippen LogP contribution in [0.2, 0.25) is 5.02 Å². The maximum atomic E-state index is 14.4. The molecule has 3 heterocycles. The van der Waals surface area contributed by atoms with E-state index < -0.39 is 23.5 Å². The SMILES string of the molecule is Cc1scnc1COc1ccc(Cl)c2c1C(N1CC3(CC3)CC1=O)N(C(=O)[C@@H]1CCCC[C@]1(C)C(=O)O)CC2. The first-order valence-corrected chi connectivity index (χ1v) is 15.1. The molecule has 208 valence electrons. The number of aromatic nitrogens is 1. The minimum atomic E-state index is -1.14. The molecule has 2 saturated carbocycles. The van der Waals surface area contributed by atoms with Crippen LogP contribution in [0.4, 0.5) is 0 Å². The third-order valence-electron chi connectivity index (χ3n) is 9.51. The molecule has 0 radical (unpaired) electrons. The van der Waals surface area contributed by atoms with Gasteiger partial charge in [0, 0.05) is 35.0 Å². The number of thiazole rings is 1. The van der Waals surface area contributed by atoms with Crippen LogP contribution in [0.15, 0.2) is 17.6 Å². The van der Waals surface area contributed by atoms with Crippen LogP contribution in [0, 0.1) is 23.7 Å². The summed E-state index contributed by atoms with van der Waals surface area (Å²) in [5.41, 5.74) is 3.11. The maximum absolute atomic E-state index is 14.4. The highest BCUT2D eigenvalue weighted by molar-refractivity contribution is 7.09. The Labute approximate surface area is 237 Å². The van der Waals surface area contributed by atoms with Crippen molar-refractivity contribution in [2.24, 2.45) is 16.7 Å². The number of likely N-dealkylation sites (tertiary alicyclic amines) is 1. The number of hydrogen-bond acceptors (Lipinski definition) is 6. The summed E-state index contributed by atoms with van der Waals surface area (Å²) in [4.78, 5) is 49.4. The highest BCUT2D eigenvalue weighted by Gasteiger charge is 2.56. The second-order valence-electron chi connectivity index (χ2n) is 12.0. The van der Waals surface area contributed by atoms with E-state index in [2.05, 4.69) is 4.98 Å². The summed E-state index contributed by atoms with van der Waals surface area (Å²) in [7, 11) is 0. The number of amides is 2. The number of nitrogens with zero attached hydrogens (tertiary/aromatic N) is 3. The van der Waals surface area contributed by atoms with Gasteiger partial charge in [-0.25, -0.2) is 4.98 Å². The Kier molecular flexibility index (Phi) is 6.65. The maximum Gasteiger partial charge on any atom is 0.310 e. The normalized spacial score (nSPS) is 27.5. The van der Waals surface area contributed by atoms with Crippen LogP contribution in [-0.2, 0) is 27.4 Å². The number of benzene rings is 1. The second-order valence-corrected chi connectivity index (χ2v) is 13.4. The Morgan fingerprint density at radius 2 is 2.05 bits per heavy atom. The number of carbonyl (C=O) groups is 3. The molecule has 6 rings (SSSR count). The predicted octanol–water partition coefficient (Wildman–Crippen LogP) is 5.36. The lowest BCUT2D eigenvalue weighted by Crippen LogP contribution is -2.54. The van der Waals surface area contributed by atoms with Crippen LogP contribution >= 0.6 is 22.9 Å². The first-order valence-electron chi connectivity index (χ1n) is 13.8. The second kappa shape index (κ2) is 9.77. The number of halogens is 1. The number of carboxylic acids is 1. The van der Waals surface area contributed by atoms with Gasteiger partial charge in [-0.05, 0) is 69.1 Å². The highest BCUT2D eigenvalue weighted by Crippen LogP contribution is 2.56. The van der Waals surface area contributed by atoms with Gasteiger partial charge in [0.15, 0.2) is 0 Å². The summed E-state index contributed by atoms with van der Waals surface area (Å²) >= 11 is 8.28. The molecular weight excluding hydrogens is 538 g/mol. The van der Waals surface area contributed by atoms with Crippen LogP contribution in [0.25, 0.3) is 0 Å². The number of aliphatic carboxylic acids is 1. The van der Waals surface area contributed by atoms with Gasteiger partial charge < -0.3 is 19.6 Å². The molecule has 1 saturated heterocycles. The minimum Gasteiger partial charge on any atom is -0.487 e. The number of ether oxygens (including phenoxy) is 1. The van der Waals surface area contributed by atoms with Crippen molar-refractivity contribution in [1.29, 1.82) is 0 Å². The molecule has 2 amide bonds. The summed E-state index contributed by atoms with van der Waals surface area (Å²) in [6.07, 6.45) is 4.90. The Morgan fingerprint density at radius 3 is 2.72 bits per heavy atom. The number of carbonyl (C=O) groups excluding carboxylic acids is 2. The summed E-state index contributed by atoms with van der Waals surface area (Å²) in [6.45, 7) is 4.91. The molecule has 2 aromatic rings. The zero-order valence-electron chi connectivity index (χ0n) is 22.4. The van der Waals surface area contributed by atoms with Gasteiger partial charge in [0.25, 0.3) is 0 Å². The van der Waals surface area contributed by atoms with Gasteiger partial charge in [0.1, 0.15) is 18.5 Å². The van der Waals surface area contributed by atoms with Crippen molar-refractivity contribution in [2.75, 3.05) is 13.1 Å². The monoisotopic (exact) mass is 571 g/mol. The molecular formula is C29H34ClN3O5S. The lowest BCUT2D eigenvalue weighted by atomic mass is 9.66. The molecule has 0 bridgehead atoms. The number of hydrogen-bond donors (Lipinski definition) is 1. The van der Waals surface area contributed by atoms with Crippen LogP contribution < -0.4 is 4.74 Å². The largest absolute Gasteiger partial charge is 0.487 e. The molecule has 10 heteroatoms. The molecule has 3 atom stereocenters. The first kappa shape index (κ1) is 26.6. The van der Waals surface area contributed by atoms with Crippen molar-refractivity contribution in [1.82, 2.24) is 14.8 Å². The van der Waals surface area contributed by atoms with E-state index in [0.29, 0.717) is 49.5 Å². The third-order valence-corrected chi connectivity index (χ3v) is 10.7. The zero-order chi connectivity index (χ0) is 27.5. The van der Waals surface area contributed by atoms with Gasteiger partial charge in [0.2, 0.25) is 11.8 Å². The average Bonchev–Trinajstić information content (AvgIpc) is 3.41. The average molecular weight is 572 g/mol. The molecule has 8 nitrogen and oxygen atoms in total. The van der Waals surface area contributed by atoms with E-state index in [9.17, 15) is 19.5 Å². The number of fused-ring (bicyclic) bond motifs is 1. The lowest BCUT2D eigenvalue weighted by Gasteiger charge is -2.47. The van der Waals surface area contributed by atoms with Crippen molar-refractivity contribution < 1.29 is 24.2 Å². The van der Waals surface area contributed by atoms with E-state index in [1.54, 1.807) is 28.7 Å². The van der Waals surface area contributed by atoms with Gasteiger partial charge in [-0.2, -0.15) is 0 Å². The highest BCUT2D eigenvalue weighted by atomic mass is 35.5. The molecule has 3 fully saturated rings. The molecule has 1 aromatic heterocycles. The van der Waals surface area contributed by atoms with E-state index in [1.807, 2.05) is 24.0 Å². The molecule has 2 aliphatic heterocycles. The Hall–Kier alpha value is -2.65. The molecule has 2 aliphatic carbocycles. The third kappa shape index (κ3) is 4.51. The molecule has 4 aliphatic rings. The fourth-order valence-electron chi connectivity index (χ4n) is 6.81. The number of aryl methyl sites for hydroxylation is 1. The number of rotatable bonds is 6. The Balaban J connectivity index is 1.42. The summed E-state index contributed by atoms with van der Waals surface area (Å²) in [5, 5.41) is 10.7. The van der Waals surface area contributed by atoms with Gasteiger partial charge in [-0.15, -0.1) is 11.3 Å². The summed E-state index contributed by atoms with van der Waals surface area (Å²) in [6, 6.07) is 3.63. The van der Waals surface area contributed by atoms with Crippen molar-refractivity contribution in [3.63, 3.8) is 0 Å². The standard InChI is InChI=1S/C29H34ClN3O5S/c1-17-21(31-16-39-17)14-38-22-7-6-20(30)18-8-12-32(26(35)19-5-3-4-9-28(19,2)27(36)37)25(24(18)22)33-15-29(10-11-29)13-23(33)34/h6-7,16,19,25H,3-5,8-15H2,1-2H3,(H,36,37)/t19-,25?,28-/m0/s1. The molecule has 1 N–H and O–H groups in total. The fourth-order valence-corrected chi connectivity index (χ4v) is 7.65. The first-order chi connectivity index (χ1) is 18.6. The molecule has 39 heavy (non-hydrogen) atoms. The molecule has 1 unspecified atom stereocenters. The number of carboxylic acid groups (broad SMARTS) is 1. The van der Waals surface area contributed by atoms with Crippen LogP contribution in [-0.4, -0.2) is 50.8 Å². The molecule has 1 aromatic carbocycles. The summed E-state index contributed by atoms with van der Waals surface area (Å²) in [5.74, 6) is -1.18. The zero-order valence-corrected chi connectivity index (χ0v) is 23.9. The lowest BCUT2D eigenvalue weighted by molar-refractivity contribution is -0.165. The van der Waals surface area contributed by atoms with E-state index >= 15 is 0 Å². The topological polar surface area (TPSA) is 100 Å². The predicted molar refractivity (Wildman–Crippen MR) is 146 cm³/mol. The van der Waals surface area contributed by atoms with Crippen molar-refractivity contribution in [2.45, 2.75) is 78.0 Å². The smallest absolute Gasteiger partial charge is 0.310 e.